The van der Waals surface area contributed by atoms with Gasteiger partial charge < -0.3 is 14.1 Å². The number of rotatable bonds is 4. The third-order valence-electron chi connectivity index (χ3n) is 5.25. The molecule has 2 heterocycles. The minimum Gasteiger partial charge on any atom is -0.464 e. The molecule has 0 aliphatic carbocycles. The summed E-state index contributed by atoms with van der Waals surface area (Å²) in [5.74, 6) is -0.636. The van der Waals surface area contributed by atoms with Crippen molar-refractivity contribution in [1.82, 2.24) is 0 Å². The number of nitrogens with zero attached hydrogens (tertiary/aromatic N) is 1. The molecule has 2 atom stereocenters. The Hall–Kier alpha value is -3.08. The first kappa shape index (κ1) is 18.3. The van der Waals surface area contributed by atoms with E-state index in [1.54, 1.807) is 18.1 Å². The molecule has 1 aliphatic heterocycles. The van der Waals surface area contributed by atoms with E-state index < -0.39 is 12.1 Å². The molecule has 2 aromatic carbocycles. The summed E-state index contributed by atoms with van der Waals surface area (Å²) in [7, 11) is 0. The monoisotopic (exact) mass is 377 g/mol. The van der Waals surface area contributed by atoms with Crippen LogP contribution in [0.3, 0.4) is 0 Å². The van der Waals surface area contributed by atoms with Gasteiger partial charge in [0.15, 0.2) is 6.10 Å². The molecule has 5 nitrogen and oxygen atoms in total. The summed E-state index contributed by atoms with van der Waals surface area (Å²) in [5, 5.41) is 0.892. The number of anilines is 1. The van der Waals surface area contributed by atoms with E-state index in [1.807, 2.05) is 56.3 Å². The molecule has 1 aromatic heterocycles. The van der Waals surface area contributed by atoms with E-state index in [0.29, 0.717) is 0 Å². The van der Waals surface area contributed by atoms with E-state index in [1.165, 1.54) is 0 Å². The Kier molecular flexibility index (Phi) is 4.67. The molecule has 1 amide bonds. The molecule has 144 valence electrons. The van der Waals surface area contributed by atoms with E-state index in [-0.39, 0.29) is 18.4 Å². The molecule has 3 aromatic rings. The van der Waals surface area contributed by atoms with E-state index in [4.69, 9.17) is 9.15 Å². The summed E-state index contributed by atoms with van der Waals surface area (Å²) in [6.07, 6.45) is 1.61. The molecule has 0 bridgehead atoms. The maximum absolute atomic E-state index is 12.9. The molecule has 0 N–H and O–H groups in total. The standard InChI is InChI=1S/C23H23NO4/c1-14-8-9-19-18(13-27-21(19)10-14)12-22(25)28-16(3)23(26)24-15(2)11-17-6-4-5-7-20(17)24/h4-10,13,15-16H,11-12H2,1-3H3/t15-,16+/m1/s1. The zero-order valence-electron chi connectivity index (χ0n) is 16.3. The summed E-state index contributed by atoms with van der Waals surface area (Å²) in [6, 6.07) is 13.8. The number of amides is 1. The molecule has 0 radical (unpaired) electrons. The Bertz CT molecular complexity index is 1050. The second-order valence-electron chi connectivity index (χ2n) is 7.46. The molecule has 0 unspecified atom stereocenters. The number of para-hydroxylation sites is 1. The molecule has 1 aliphatic rings. The van der Waals surface area contributed by atoms with Crippen LogP contribution in [0.5, 0.6) is 0 Å². The van der Waals surface area contributed by atoms with Gasteiger partial charge in [-0.2, -0.15) is 0 Å². The summed E-state index contributed by atoms with van der Waals surface area (Å²) >= 11 is 0. The summed E-state index contributed by atoms with van der Waals surface area (Å²) < 4.78 is 11.0. The first-order valence-electron chi connectivity index (χ1n) is 9.51. The zero-order valence-corrected chi connectivity index (χ0v) is 16.3. The third-order valence-corrected chi connectivity index (χ3v) is 5.25. The Balaban J connectivity index is 1.45. The van der Waals surface area contributed by atoms with Crippen molar-refractivity contribution in [2.75, 3.05) is 4.90 Å². The molecule has 28 heavy (non-hydrogen) atoms. The second-order valence-corrected chi connectivity index (χ2v) is 7.46. The van der Waals surface area contributed by atoms with Crippen molar-refractivity contribution < 1.29 is 18.7 Å². The molecular weight excluding hydrogens is 354 g/mol. The van der Waals surface area contributed by atoms with Gasteiger partial charge in [-0.3, -0.25) is 9.59 Å². The van der Waals surface area contributed by atoms with Crippen LogP contribution in [0.15, 0.2) is 53.1 Å². The minimum atomic E-state index is -0.846. The Labute approximate surface area is 163 Å². The molecular formula is C23H23NO4. The van der Waals surface area contributed by atoms with Crippen molar-refractivity contribution >= 4 is 28.5 Å². The lowest BCUT2D eigenvalue weighted by Gasteiger charge is -2.25. The highest BCUT2D eigenvalue weighted by molar-refractivity contribution is 6.00. The van der Waals surface area contributed by atoms with Gasteiger partial charge in [-0.25, -0.2) is 0 Å². The van der Waals surface area contributed by atoms with Crippen LogP contribution in [0.4, 0.5) is 5.69 Å². The number of furan rings is 1. The first-order valence-corrected chi connectivity index (χ1v) is 9.51. The largest absolute Gasteiger partial charge is 0.464 e. The lowest BCUT2D eigenvalue weighted by Crippen LogP contribution is -2.43. The van der Waals surface area contributed by atoms with E-state index in [0.717, 1.165) is 39.8 Å². The normalized spacial score (nSPS) is 16.8. The predicted octanol–water partition coefficient (Wildman–Crippen LogP) is 4.19. The van der Waals surface area contributed by atoms with Gasteiger partial charge >= 0.3 is 5.97 Å². The number of hydrogen-bond donors (Lipinski definition) is 0. The average molecular weight is 377 g/mol. The molecule has 0 saturated heterocycles. The van der Waals surface area contributed by atoms with Gasteiger partial charge in [0, 0.05) is 22.7 Å². The SMILES string of the molecule is Cc1ccc2c(CC(=O)O[C@@H](C)C(=O)N3c4ccccc4C[C@H]3C)coc2c1. The van der Waals surface area contributed by atoms with E-state index in [2.05, 4.69) is 0 Å². The number of benzene rings is 2. The molecule has 0 spiro atoms. The van der Waals surface area contributed by atoms with Crippen molar-refractivity contribution in [3.8, 4) is 0 Å². The second kappa shape index (κ2) is 7.15. The minimum absolute atomic E-state index is 0.0482. The van der Waals surface area contributed by atoms with Crippen LogP contribution in [-0.4, -0.2) is 24.0 Å². The topological polar surface area (TPSA) is 59.8 Å². The fourth-order valence-electron chi connectivity index (χ4n) is 3.87. The van der Waals surface area contributed by atoms with Crippen molar-refractivity contribution in [2.24, 2.45) is 0 Å². The molecule has 0 saturated carbocycles. The van der Waals surface area contributed by atoms with Gasteiger partial charge in [0.1, 0.15) is 5.58 Å². The maximum atomic E-state index is 12.9. The summed E-state index contributed by atoms with van der Waals surface area (Å²) in [4.78, 5) is 27.1. The van der Waals surface area contributed by atoms with Crippen molar-refractivity contribution in [2.45, 2.75) is 45.8 Å². The van der Waals surface area contributed by atoms with Crippen LogP contribution in [0.2, 0.25) is 0 Å². The molecule has 4 rings (SSSR count). The number of carbonyl (C=O) groups excluding carboxylic acids is 2. The van der Waals surface area contributed by atoms with Crippen molar-refractivity contribution in [3.05, 3.63) is 65.4 Å². The van der Waals surface area contributed by atoms with Gasteiger partial charge in [0.2, 0.25) is 0 Å². The van der Waals surface area contributed by atoms with Gasteiger partial charge in [0.05, 0.1) is 12.7 Å². The van der Waals surface area contributed by atoms with Gasteiger partial charge in [-0.1, -0.05) is 30.3 Å². The number of fused-ring (bicyclic) bond motifs is 2. The zero-order chi connectivity index (χ0) is 19.8. The highest BCUT2D eigenvalue weighted by atomic mass is 16.5. The number of esters is 1. The number of hydrogen-bond acceptors (Lipinski definition) is 4. The average Bonchev–Trinajstić information content (AvgIpc) is 3.20. The lowest BCUT2D eigenvalue weighted by atomic mass is 10.1. The van der Waals surface area contributed by atoms with Crippen LogP contribution in [0.1, 0.15) is 30.5 Å². The quantitative estimate of drug-likeness (QED) is 0.640. The van der Waals surface area contributed by atoms with Crippen LogP contribution in [0, 0.1) is 6.92 Å². The van der Waals surface area contributed by atoms with Gasteiger partial charge in [0.25, 0.3) is 5.91 Å². The first-order chi connectivity index (χ1) is 13.4. The number of carbonyl (C=O) groups is 2. The lowest BCUT2D eigenvalue weighted by molar-refractivity contribution is -0.153. The van der Waals surface area contributed by atoms with Crippen LogP contribution in [0.25, 0.3) is 11.0 Å². The van der Waals surface area contributed by atoms with Crippen molar-refractivity contribution in [3.63, 3.8) is 0 Å². The Morgan fingerprint density at radius 3 is 2.86 bits per heavy atom. The Morgan fingerprint density at radius 2 is 2.04 bits per heavy atom. The number of ether oxygens (including phenoxy) is 1. The smallest absolute Gasteiger partial charge is 0.311 e. The maximum Gasteiger partial charge on any atom is 0.311 e. The third kappa shape index (κ3) is 3.28. The fraction of sp³-hybridized carbons (Fsp3) is 0.304. The molecule has 5 heteroatoms. The highest BCUT2D eigenvalue weighted by Gasteiger charge is 2.34. The molecule has 0 fully saturated rings. The fourth-order valence-corrected chi connectivity index (χ4v) is 3.87. The van der Waals surface area contributed by atoms with Crippen LogP contribution >= 0.6 is 0 Å². The van der Waals surface area contributed by atoms with Crippen LogP contribution < -0.4 is 4.90 Å². The Morgan fingerprint density at radius 1 is 1.25 bits per heavy atom. The van der Waals surface area contributed by atoms with E-state index >= 15 is 0 Å². The van der Waals surface area contributed by atoms with Crippen LogP contribution in [-0.2, 0) is 27.2 Å². The van der Waals surface area contributed by atoms with Gasteiger partial charge in [-0.05, 0) is 50.5 Å². The summed E-state index contributed by atoms with van der Waals surface area (Å²) in [5.41, 5.74) is 4.64. The van der Waals surface area contributed by atoms with Crippen molar-refractivity contribution in [1.29, 1.82) is 0 Å². The predicted molar refractivity (Wildman–Crippen MR) is 107 cm³/mol. The summed E-state index contributed by atoms with van der Waals surface area (Å²) in [6.45, 7) is 5.62. The number of aryl methyl sites for hydroxylation is 1. The highest BCUT2D eigenvalue weighted by Crippen LogP contribution is 2.32. The van der Waals surface area contributed by atoms with Gasteiger partial charge in [-0.15, -0.1) is 0 Å². The van der Waals surface area contributed by atoms with E-state index in [9.17, 15) is 9.59 Å².